The van der Waals surface area contributed by atoms with Crippen LogP contribution in [0.15, 0.2) is 103 Å². The standard InChI is InChI=1S/C34H24FNO4/c1-40-24-9-6-8-22(19-24)29-30(31(37)21-13-16-23(35)17-14-21)36-27-12-5-2-7-20(27)15-18-28(36)34(29)32(38)25-10-3-4-11-26(25)33(34)39/h2-19,28-30H,1H3. The van der Waals surface area contributed by atoms with Gasteiger partial charge in [0, 0.05) is 28.3 Å². The summed E-state index contributed by atoms with van der Waals surface area (Å²) in [6, 6.07) is 25.5. The van der Waals surface area contributed by atoms with E-state index in [1.807, 2.05) is 47.4 Å². The molecule has 0 aromatic heterocycles. The molecule has 0 bridgehead atoms. The summed E-state index contributed by atoms with van der Waals surface area (Å²) in [6.45, 7) is 0. The fraction of sp³-hybridized carbons (Fsp3) is 0.147. The average Bonchev–Trinajstić information content (AvgIpc) is 3.43. The van der Waals surface area contributed by atoms with Gasteiger partial charge in [-0.05, 0) is 53.6 Å². The average molecular weight is 530 g/mol. The summed E-state index contributed by atoms with van der Waals surface area (Å²) >= 11 is 0. The number of Topliss-reactive ketones (excluding diaryl/α,β-unsaturated/α-hetero) is 3. The molecule has 6 heteroatoms. The molecule has 3 aliphatic rings. The highest BCUT2D eigenvalue weighted by atomic mass is 19.1. The lowest BCUT2D eigenvalue weighted by molar-refractivity contribution is 0.0665. The summed E-state index contributed by atoms with van der Waals surface area (Å²) in [5, 5.41) is 0. The maximum atomic E-state index is 14.6. The number of halogens is 1. The molecule has 3 atom stereocenters. The fourth-order valence-corrected chi connectivity index (χ4v) is 6.91. The maximum absolute atomic E-state index is 14.6. The van der Waals surface area contributed by atoms with Crippen LogP contribution >= 0.6 is 0 Å². The van der Waals surface area contributed by atoms with Gasteiger partial charge in [-0.1, -0.05) is 66.7 Å². The molecule has 4 aromatic rings. The summed E-state index contributed by atoms with van der Waals surface area (Å²) in [5.74, 6) is -1.64. The molecule has 0 amide bonds. The number of ketones is 3. The van der Waals surface area contributed by atoms with Gasteiger partial charge in [-0.15, -0.1) is 0 Å². The zero-order valence-corrected chi connectivity index (χ0v) is 21.6. The van der Waals surface area contributed by atoms with Crippen molar-refractivity contribution in [1.29, 1.82) is 0 Å². The van der Waals surface area contributed by atoms with E-state index in [-0.39, 0.29) is 17.3 Å². The smallest absolute Gasteiger partial charge is 0.185 e. The molecule has 2 heterocycles. The molecule has 3 unspecified atom stereocenters. The summed E-state index contributed by atoms with van der Waals surface area (Å²) in [6.07, 6.45) is 3.81. The van der Waals surface area contributed by atoms with Crippen LogP contribution in [0.25, 0.3) is 6.08 Å². The molecule has 5 nitrogen and oxygen atoms in total. The Labute approximate surface area is 230 Å². The molecule has 196 valence electrons. The van der Waals surface area contributed by atoms with Crippen molar-refractivity contribution in [2.75, 3.05) is 12.0 Å². The number of fused-ring (bicyclic) bond motifs is 5. The van der Waals surface area contributed by atoms with Crippen molar-refractivity contribution in [3.05, 3.63) is 137 Å². The van der Waals surface area contributed by atoms with Gasteiger partial charge in [0.15, 0.2) is 17.3 Å². The second-order valence-electron chi connectivity index (χ2n) is 10.4. The third-order valence-electron chi connectivity index (χ3n) is 8.56. The Morgan fingerprint density at radius 3 is 2.23 bits per heavy atom. The van der Waals surface area contributed by atoms with Crippen LogP contribution < -0.4 is 9.64 Å². The van der Waals surface area contributed by atoms with Crippen molar-refractivity contribution < 1.29 is 23.5 Å². The van der Waals surface area contributed by atoms with Gasteiger partial charge in [-0.25, -0.2) is 4.39 Å². The highest BCUT2D eigenvalue weighted by Gasteiger charge is 2.71. The van der Waals surface area contributed by atoms with E-state index in [1.165, 1.54) is 24.3 Å². The van der Waals surface area contributed by atoms with Crippen molar-refractivity contribution in [2.24, 2.45) is 5.41 Å². The number of ether oxygens (including phenoxy) is 1. The summed E-state index contributed by atoms with van der Waals surface area (Å²) in [4.78, 5) is 45.7. The van der Waals surface area contributed by atoms with E-state index in [0.29, 0.717) is 28.0 Å². The van der Waals surface area contributed by atoms with E-state index in [9.17, 15) is 18.8 Å². The second-order valence-corrected chi connectivity index (χ2v) is 10.4. The van der Waals surface area contributed by atoms with Crippen LogP contribution in [0.1, 0.15) is 48.1 Å². The van der Waals surface area contributed by atoms with Crippen LogP contribution in [0.5, 0.6) is 5.75 Å². The molecule has 40 heavy (non-hydrogen) atoms. The zero-order valence-electron chi connectivity index (χ0n) is 21.6. The molecule has 2 aliphatic heterocycles. The van der Waals surface area contributed by atoms with Gasteiger partial charge in [-0.2, -0.15) is 0 Å². The van der Waals surface area contributed by atoms with E-state index in [2.05, 4.69) is 0 Å². The van der Waals surface area contributed by atoms with Crippen LogP contribution in [0.2, 0.25) is 0 Å². The number of benzene rings is 4. The highest BCUT2D eigenvalue weighted by molar-refractivity contribution is 6.32. The van der Waals surface area contributed by atoms with E-state index >= 15 is 0 Å². The lowest BCUT2D eigenvalue weighted by atomic mass is 9.64. The van der Waals surface area contributed by atoms with Gasteiger partial charge in [0.25, 0.3) is 0 Å². The van der Waals surface area contributed by atoms with Crippen molar-refractivity contribution >= 4 is 29.1 Å². The van der Waals surface area contributed by atoms with E-state index in [4.69, 9.17) is 4.74 Å². The Kier molecular flexibility index (Phi) is 5.36. The molecule has 1 aliphatic carbocycles. The number of nitrogens with zero attached hydrogens (tertiary/aromatic N) is 1. The molecular weight excluding hydrogens is 505 g/mol. The zero-order chi connectivity index (χ0) is 27.6. The first-order valence-electron chi connectivity index (χ1n) is 13.1. The van der Waals surface area contributed by atoms with Crippen LogP contribution in [0.4, 0.5) is 10.1 Å². The van der Waals surface area contributed by atoms with Crippen molar-refractivity contribution in [2.45, 2.75) is 18.0 Å². The first-order valence-corrected chi connectivity index (χ1v) is 13.1. The summed E-state index contributed by atoms with van der Waals surface area (Å²) in [7, 11) is 1.55. The topological polar surface area (TPSA) is 63.7 Å². The highest BCUT2D eigenvalue weighted by Crippen LogP contribution is 2.61. The van der Waals surface area contributed by atoms with Gasteiger partial charge in [0.1, 0.15) is 23.0 Å². The van der Waals surface area contributed by atoms with Gasteiger partial charge in [0.2, 0.25) is 0 Å². The number of para-hydroxylation sites is 1. The number of anilines is 1. The molecule has 4 aromatic carbocycles. The van der Waals surface area contributed by atoms with Gasteiger partial charge in [0.05, 0.1) is 13.2 Å². The number of hydrogen-bond donors (Lipinski definition) is 0. The van der Waals surface area contributed by atoms with Gasteiger partial charge < -0.3 is 9.64 Å². The van der Waals surface area contributed by atoms with E-state index in [1.54, 1.807) is 49.6 Å². The Morgan fingerprint density at radius 1 is 0.850 bits per heavy atom. The number of rotatable bonds is 4. The third kappa shape index (κ3) is 3.16. The molecule has 1 fully saturated rings. The van der Waals surface area contributed by atoms with Crippen molar-refractivity contribution in [1.82, 2.24) is 0 Å². The molecule has 1 spiro atoms. The largest absolute Gasteiger partial charge is 0.497 e. The van der Waals surface area contributed by atoms with Crippen LogP contribution in [0, 0.1) is 11.2 Å². The lowest BCUT2D eigenvalue weighted by Crippen LogP contribution is -2.48. The molecular formula is C34H24FNO4. The Balaban J connectivity index is 1.55. The second kappa shape index (κ2) is 8.85. The SMILES string of the molecule is COc1cccc(C2C(C(=O)c3ccc(F)cc3)N3c4ccccc4C=CC3C23C(=O)c2ccccc2C3=O)c1. The quantitative estimate of drug-likeness (QED) is 0.234. The van der Waals surface area contributed by atoms with Gasteiger partial charge in [-0.3, -0.25) is 14.4 Å². The minimum atomic E-state index is -1.60. The number of methoxy groups -OCH3 is 1. The monoisotopic (exact) mass is 529 g/mol. The number of hydrogen-bond acceptors (Lipinski definition) is 5. The summed E-state index contributed by atoms with van der Waals surface area (Å²) in [5.41, 5.74) is 1.72. The Hall–Kier alpha value is -4.84. The van der Waals surface area contributed by atoms with E-state index in [0.717, 1.165) is 11.3 Å². The van der Waals surface area contributed by atoms with Crippen molar-refractivity contribution in [3.63, 3.8) is 0 Å². The minimum absolute atomic E-state index is 0.295. The Bertz CT molecular complexity index is 1710. The first kappa shape index (κ1) is 24.2. The van der Waals surface area contributed by atoms with Crippen LogP contribution in [-0.4, -0.2) is 36.5 Å². The normalized spacial score (nSPS) is 21.8. The molecule has 1 saturated heterocycles. The predicted octanol–water partition coefficient (Wildman–Crippen LogP) is 6.15. The van der Waals surface area contributed by atoms with Crippen LogP contribution in [-0.2, 0) is 0 Å². The molecule has 0 radical (unpaired) electrons. The van der Waals surface area contributed by atoms with Gasteiger partial charge >= 0.3 is 0 Å². The lowest BCUT2D eigenvalue weighted by Gasteiger charge is -2.37. The first-order chi connectivity index (χ1) is 19.5. The molecule has 0 N–H and O–H groups in total. The fourth-order valence-electron chi connectivity index (χ4n) is 6.91. The maximum Gasteiger partial charge on any atom is 0.185 e. The molecule has 0 saturated carbocycles. The van der Waals surface area contributed by atoms with Crippen LogP contribution in [0.3, 0.4) is 0 Å². The van der Waals surface area contributed by atoms with Crippen molar-refractivity contribution in [3.8, 4) is 5.75 Å². The Morgan fingerprint density at radius 2 is 1.52 bits per heavy atom. The molecule has 7 rings (SSSR count). The third-order valence-corrected chi connectivity index (χ3v) is 8.56. The number of carbonyl (C=O) groups excluding carboxylic acids is 3. The summed E-state index contributed by atoms with van der Waals surface area (Å²) < 4.78 is 19.4. The predicted molar refractivity (Wildman–Crippen MR) is 150 cm³/mol. The minimum Gasteiger partial charge on any atom is -0.497 e. The number of carbonyl (C=O) groups is 3. The van der Waals surface area contributed by atoms with E-state index < -0.39 is 29.2 Å².